The highest BCUT2D eigenvalue weighted by Crippen LogP contribution is 2.24. The van der Waals surface area contributed by atoms with Gasteiger partial charge >= 0.3 is 0 Å². The molecule has 0 aromatic carbocycles. The number of nitrogens with zero attached hydrogens (tertiary/aromatic N) is 4. The van der Waals surface area contributed by atoms with Gasteiger partial charge in [-0.15, -0.1) is 0 Å². The number of carbonyl (C=O) groups is 2. The van der Waals surface area contributed by atoms with Crippen molar-refractivity contribution in [1.82, 2.24) is 24.8 Å². The average molecular weight is 367 g/mol. The lowest BCUT2D eigenvalue weighted by atomic mass is 10.1. The maximum Gasteiger partial charge on any atom is 0.289 e. The van der Waals surface area contributed by atoms with Gasteiger partial charge in [0.2, 0.25) is 0 Å². The lowest BCUT2D eigenvalue weighted by Crippen LogP contribution is -2.32. The Balaban J connectivity index is 1.52. The van der Waals surface area contributed by atoms with Crippen LogP contribution in [0.2, 0.25) is 0 Å². The Hall–Kier alpha value is -2.70. The summed E-state index contributed by atoms with van der Waals surface area (Å²) < 4.78 is 1.95. The van der Waals surface area contributed by atoms with Crippen molar-refractivity contribution in [2.75, 3.05) is 13.6 Å². The van der Waals surface area contributed by atoms with E-state index in [0.29, 0.717) is 18.1 Å². The summed E-state index contributed by atoms with van der Waals surface area (Å²) in [4.78, 5) is 35.8. The van der Waals surface area contributed by atoms with E-state index in [4.69, 9.17) is 0 Å². The first-order valence-electron chi connectivity index (χ1n) is 9.68. The van der Waals surface area contributed by atoms with Gasteiger partial charge in [0.15, 0.2) is 5.82 Å². The highest BCUT2D eigenvalue weighted by Gasteiger charge is 2.31. The minimum atomic E-state index is -0.137. The number of hydrogen-bond donors (Lipinski definition) is 1. The number of pyridine rings is 1. The topological polar surface area (TPSA) is 80.1 Å². The fraction of sp³-hybridized carbons (Fsp3) is 0.500. The molecule has 7 heteroatoms. The van der Waals surface area contributed by atoms with Gasteiger partial charge in [0.25, 0.3) is 11.8 Å². The molecule has 2 aromatic rings. The standard InChI is InChI=1S/C20H25N5O2/c1-24(13-9-14-7-10-21-11-8-14)20(27)18-23-17(19(26)22-15-5-6-15)16-4-2-3-12-25(16)18/h7-8,10-11,15H,2-6,9,12-13H2,1H3,(H,22,26). The molecule has 1 aliphatic heterocycles. The van der Waals surface area contributed by atoms with Crippen LogP contribution in [0.25, 0.3) is 0 Å². The number of carbonyl (C=O) groups excluding carboxylic acids is 2. The van der Waals surface area contributed by atoms with Crippen molar-refractivity contribution in [2.45, 2.75) is 51.1 Å². The zero-order valence-corrected chi connectivity index (χ0v) is 15.6. The third-order valence-corrected chi connectivity index (χ3v) is 5.27. The van der Waals surface area contributed by atoms with Crippen LogP contribution in [-0.4, -0.2) is 50.9 Å². The van der Waals surface area contributed by atoms with Crippen molar-refractivity contribution >= 4 is 11.8 Å². The second-order valence-corrected chi connectivity index (χ2v) is 7.42. The normalized spacial score (nSPS) is 15.9. The molecule has 3 heterocycles. The third kappa shape index (κ3) is 3.86. The molecule has 2 aromatic heterocycles. The quantitative estimate of drug-likeness (QED) is 0.845. The third-order valence-electron chi connectivity index (χ3n) is 5.27. The minimum absolute atomic E-state index is 0.127. The van der Waals surface area contributed by atoms with E-state index < -0.39 is 0 Å². The van der Waals surface area contributed by atoms with E-state index in [0.717, 1.165) is 56.3 Å². The van der Waals surface area contributed by atoms with Crippen LogP contribution in [0, 0.1) is 0 Å². The number of imidazole rings is 1. The van der Waals surface area contributed by atoms with Crippen molar-refractivity contribution in [3.63, 3.8) is 0 Å². The Morgan fingerprint density at radius 3 is 2.78 bits per heavy atom. The number of aromatic nitrogens is 3. The number of nitrogens with one attached hydrogen (secondary N) is 1. The molecule has 7 nitrogen and oxygen atoms in total. The molecule has 142 valence electrons. The molecule has 0 radical (unpaired) electrons. The van der Waals surface area contributed by atoms with Crippen LogP contribution >= 0.6 is 0 Å². The molecule has 4 rings (SSSR count). The van der Waals surface area contributed by atoms with Gasteiger partial charge in [-0.05, 0) is 56.2 Å². The average Bonchev–Trinajstić information content (AvgIpc) is 3.43. The van der Waals surface area contributed by atoms with Crippen molar-refractivity contribution in [3.8, 4) is 0 Å². The molecule has 27 heavy (non-hydrogen) atoms. The van der Waals surface area contributed by atoms with Crippen LogP contribution in [-0.2, 0) is 19.4 Å². The summed E-state index contributed by atoms with van der Waals surface area (Å²) in [5.41, 5.74) is 2.48. The van der Waals surface area contributed by atoms with Crippen molar-refractivity contribution in [1.29, 1.82) is 0 Å². The fourth-order valence-electron chi connectivity index (χ4n) is 3.49. The second-order valence-electron chi connectivity index (χ2n) is 7.42. The molecular formula is C20H25N5O2. The number of amides is 2. The number of hydrogen-bond acceptors (Lipinski definition) is 4. The summed E-state index contributed by atoms with van der Waals surface area (Å²) >= 11 is 0. The summed E-state index contributed by atoms with van der Waals surface area (Å²) in [6.07, 6.45) is 9.17. The first kappa shape index (κ1) is 17.7. The highest BCUT2D eigenvalue weighted by atomic mass is 16.2. The molecule has 0 spiro atoms. The predicted molar refractivity (Wildman–Crippen MR) is 101 cm³/mol. The van der Waals surface area contributed by atoms with Gasteiger partial charge in [-0.3, -0.25) is 14.6 Å². The van der Waals surface area contributed by atoms with Crippen molar-refractivity contribution in [2.24, 2.45) is 0 Å². The number of fused-ring (bicyclic) bond motifs is 1. The van der Waals surface area contributed by atoms with E-state index >= 15 is 0 Å². The minimum Gasteiger partial charge on any atom is -0.348 e. The Bertz CT molecular complexity index is 842. The summed E-state index contributed by atoms with van der Waals surface area (Å²) in [6, 6.07) is 4.19. The van der Waals surface area contributed by atoms with Crippen LogP contribution in [0.15, 0.2) is 24.5 Å². The zero-order chi connectivity index (χ0) is 18.8. The molecule has 1 aliphatic carbocycles. The number of likely N-dealkylation sites (N-methyl/N-ethyl adjacent to an activating group) is 1. The molecule has 1 N–H and O–H groups in total. The van der Waals surface area contributed by atoms with Gasteiger partial charge in [-0.25, -0.2) is 4.98 Å². The van der Waals surface area contributed by atoms with Gasteiger partial charge in [0.1, 0.15) is 5.69 Å². The molecule has 0 atom stereocenters. The summed E-state index contributed by atoms with van der Waals surface area (Å²) in [5, 5.41) is 3.00. The van der Waals surface area contributed by atoms with Gasteiger partial charge in [0, 0.05) is 38.6 Å². The van der Waals surface area contributed by atoms with Gasteiger partial charge in [-0.2, -0.15) is 0 Å². The number of rotatable bonds is 6. The largest absolute Gasteiger partial charge is 0.348 e. The van der Waals surface area contributed by atoms with Crippen molar-refractivity contribution in [3.05, 3.63) is 47.3 Å². The SMILES string of the molecule is CN(CCc1ccncc1)C(=O)c1nc(C(=O)NC2CC2)c2n1CCCC2. The molecular weight excluding hydrogens is 342 g/mol. The lowest BCUT2D eigenvalue weighted by molar-refractivity contribution is 0.0778. The maximum absolute atomic E-state index is 13.0. The van der Waals surface area contributed by atoms with Crippen LogP contribution in [0.5, 0.6) is 0 Å². The Kier molecular flexibility index (Phi) is 4.92. The molecule has 2 amide bonds. The summed E-state index contributed by atoms with van der Waals surface area (Å²) in [6.45, 7) is 1.34. The fourth-order valence-corrected chi connectivity index (χ4v) is 3.49. The van der Waals surface area contributed by atoms with E-state index in [1.807, 2.05) is 16.7 Å². The van der Waals surface area contributed by atoms with Gasteiger partial charge in [0.05, 0.1) is 5.69 Å². The van der Waals surface area contributed by atoms with E-state index in [2.05, 4.69) is 15.3 Å². The Morgan fingerprint density at radius 2 is 2.04 bits per heavy atom. The molecule has 0 unspecified atom stereocenters. The van der Waals surface area contributed by atoms with E-state index in [9.17, 15) is 9.59 Å². The van der Waals surface area contributed by atoms with Gasteiger partial charge < -0.3 is 14.8 Å². The summed E-state index contributed by atoms with van der Waals surface area (Å²) in [5.74, 6) is 0.127. The molecule has 1 fully saturated rings. The molecule has 1 saturated carbocycles. The van der Waals surface area contributed by atoms with E-state index in [1.165, 1.54) is 0 Å². The predicted octanol–water partition coefficient (Wildman–Crippen LogP) is 1.82. The Labute approximate surface area is 158 Å². The van der Waals surface area contributed by atoms with Crippen LogP contribution in [0.1, 0.15) is 58.0 Å². The summed E-state index contributed by atoms with van der Waals surface area (Å²) in [7, 11) is 1.79. The van der Waals surface area contributed by atoms with Crippen molar-refractivity contribution < 1.29 is 9.59 Å². The maximum atomic E-state index is 13.0. The van der Waals surface area contributed by atoms with E-state index in [-0.39, 0.29) is 17.9 Å². The van der Waals surface area contributed by atoms with E-state index in [1.54, 1.807) is 24.3 Å². The smallest absolute Gasteiger partial charge is 0.289 e. The molecule has 0 bridgehead atoms. The molecule has 2 aliphatic rings. The molecule has 0 saturated heterocycles. The van der Waals surface area contributed by atoms with Gasteiger partial charge in [-0.1, -0.05) is 0 Å². The monoisotopic (exact) mass is 367 g/mol. The lowest BCUT2D eigenvalue weighted by Gasteiger charge is -2.20. The Morgan fingerprint density at radius 1 is 1.26 bits per heavy atom. The van der Waals surface area contributed by atoms with Crippen LogP contribution in [0.3, 0.4) is 0 Å². The van der Waals surface area contributed by atoms with Crippen LogP contribution < -0.4 is 5.32 Å². The van der Waals surface area contributed by atoms with Crippen LogP contribution in [0.4, 0.5) is 0 Å². The second kappa shape index (κ2) is 7.50. The first-order chi connectivity index (χ1) is 13.1. The first-order valence-corrected chi connectivity index (χ1v) is 9.68. The highest BCUT2D eigenvalue weighted by molar-refractivity contribution is 5.97. The zero-order valence-electron chi connectivity index (χ0n) is 15.6.